The fourth-order valence-corrected chi connectivity index (χ4v) is 2.65. The van der Waals surface area contributed by atoms with Crippen LogP contribution in [0.25, 0.3) is 10.9 Å². The van der Waals surface area contributed by atoms with Gasteiger partial charge in [0.25, 0.3) is 0 Å². The summed E-state index contributed by atoms with van der Waals surface area (Å²) >= 11 is 0. The molecule has 0 saturated carbocycles. The second-order valence-corrected chi connectivity index (χ2v) is 7.23. The summed E-state index contributed by atoms with van der Waals surface area (Å²) < 4.78 is 6.94. The fourth-order valence-electron chi connectivity index (χ4n) is 2.65. The van der Waals surface area contributed by atoms with Crippen LogP contribution >= 0.6 is 0 Å². The molecule has 2 rings (SSSR count). The zero-order valence-electron chi connectivity index (χ0n) is 15.8. The SMILES string of the molecule is CNCCNC(=O)[C@@H](N)Cc1cn(C(=O)OC(C)(C)C)c2ccccc12. The van der Waals surface area contributed by atoms with Crippen molar-refractivity contribution in [3.8, 4) is 0 Å². The predicted octanol–water partition coefficient (Wildman–Crippen LogP) is 1.63. The van der Waals surface area contributed by atoms with Gasteiger partial charge in [0, 0.05) is 24.7 Å². The Labute approximate surface area is 153 Å². The van der Waals surface area contributed by atoms with Gasteiger partial charge in [0.1, 0.15) is 5.60 Å². The molecule has 2 aromatic rings. The lowest BCUT2D eigenvalue weighted by Crippen LogP contribution is -2.43. The number of nitrogens with one attached hydrogen (secondary N) is 2. The molecule has 0 unspecified atom stereocenters. The van der Waals surface area contributed by atoms with Crippen LogP contribution in [0.5, 0.6) is 0 Å². The number of hydrogen-bond acceptors (Lipinski definition) is 5. The van der Waals surface area contributed by atoms with Gasteiger partial charge >= 0.3 is 6.09 Å². The van der Waals surface area contributed by atoms with Crippen LogP contribution in [0.15, 0.2) is 30.5 Å². The van der Waals surface area contributed by atoms with Crippen molar-refractivity contribution < 1.29 is 14.3 Å². The fraction of sp³-hybridized carbons (Fsp3) is 0.474. The quantitative estimate of drug-likeness (QED) is 0.680. The summed E-state index contributed by atoms with van der Waals surface area (Å²) in [5.74, 6) is -0.214. The average Bonchev–Trinajstić information content (AvgIpc) is 2.92. The molecule has 0 aliphatic heterocycles. The molecule has 1 atom stereocenters. The minimum Gasteiger partial charge on any atom is -0.443 e. The van der Waals surface area contributed by atoms with Crippen molar-refractivity contribution in [1.82, 2.24) is 15.2 Å². The highest BCUT2D eigenvalue weighted by Crippen LogP contribution is 2.23. The van der Waals surface area contributed by atoms with Gasteiger partial charge in [-0.25, -0.2) is 4.79 Å². The maximum absolute atomic E-state index is 12.5. The van der Waals surface area contributed by atoms with E-state index in [2.05, 4.69) is 10.6 Å². The number of aromatic nitrogens is 1. The highest BCUT2D eigenvalue weighted by atomic mass is 16.6. The molecule has 0 radical (unpaired) electrons. The van der Waals surface area contributed by atoms with Crippen LogP contribution in [0, 0.1) is 0 Å². The molecule has 7 nitrogen and oxygen atoms in total. The summed E-state index contributed by atoms with van der Waals surface area (Å²) in [6.07, 6.45) is 1.59. The summed E-state index contributed by atoms with van der Waals surface area (Å²) in [5.41, 5.74) is 7.03. The highest BCUT2D eigenvalue weighted by molar-refractivity contribution is 5.92. The van der Waals surface area contributed by atoms with Gasteiger partial charge in [0.2, 0.25) is 5.91 Å². The molecule has 4 N–H and O–H groups in total. The van der Waals surface area contributed by atoms with Crippen LogP contribution in [-0.4, -0.2) is 48.3 Å². The van der Waals surface area contributed by atoms with E-state index in [1.165, 1.54) is 4.57 Å². The first-order chi connectivity index (χ1) is 12.2. The van der Waals surface area contributed by atoms with Gasteiger partial charge in [0.05, 0.1) is 11.6 Å². The molecule has 26 heavy (non-hydrogen) atoms. The van der Waals surface area contributed by atoms with Crippen molar-refractivity contribution in [3.05, 3.63) is 36.0 Å². The van der Waals surface area contributed by atoms with Crippen molar-refractivity contribution in [1.29, 1.82) is 0 Å². The molecule has 0 fully saturated rings. The van der Waals surface area contributed by atoms with Gasteiger partial charge in [-0.05, 0) is 45.9 Å². The van der Waals surface area contributed by atoms with Crippen molar-refractivity contribution >= 4 is 22.9 Å². The number of para-hydroxylation sites is 1. The number of benzene rings is 1. The number of carbonyl (C=O) groups is 2. The molecule has 0 bridgehead atoms. The molecule has 1 aromatic carbocycles. The predicted molar refractivity (Wildman–Crippen MR) is 102 cm³/mol. The van der Waals surface area contributed by atoms with E-state index in [1.54, 1.807) is 6.20 Å². The van der Waals surface area contributed by atoms with Crippen LogP contribution < -0.4 is 16.4 Å². The molecule has 7 heteroatoms. The maximum atomic E-state index is 12.5. The van der Waals surface area contributed by atoms with Gasteiger partial charge in [0.15, 0.2) is 0 Å². The van der Waals surface area contributed by atoms with Crippen LogP contribution in [0.3, 0.4) is 0 Å². The molecule has 142 valence electrons. The Hall–Kier alpha value is -2.38. The number of nitrogens with zero attached hydrogens (tertiary/aromatic N) is 1. The Morgan fingerprint density at radius 2 is 1.92 bits per heavy atom. The van der Waals surface area contributed by atoms with Crippen molar-refractivity contribution in [2.24, 2.45) is 5.73 Å². The third-order valence-corrected chi connectivity index (χ3v) is 3.84. The summed E-state index contributed by atoms with van der Waals surface area (Å²) in [7, 11) is 1.82. The Kier molecular flexibility index (Phi) is 6.39. The topological polar surface area (TPSA) is 98.4 Å². The number of ether oxygens (including phenoxy) is 1. The third kappa shape index (κ3) is 5.06. The standard InChI is InChI=1S/C19H28N4O3/c1-19(2,3)26-18(25)23-12-13(14-7-5-6-8-16(14)23)11-15(20)17(24)22-10-9-21-4/h5-8,12,15,21H,9-11,20H2,1-4H3,(H,22,24)/t15-/m0/s1. The smallest absolute Gasteiger partial charge is 0.419 e. The number of amides is 1. The zero-order chi connectivity index (χ0) is 19.3. The molecule has 0 spiro atoms. The number of nitrogens with two attached hydrogens (primary N) is 1. The zero-order valence-corrected chi connectivity index (χ0v) is 15.8. The highest BCUT2D eigenvalue weighted by Gasteiger charge is 2.22. The molecule has 1 heterocycles. The first kappa shape index (κ1) is 19.9. The lowest BCUT2D eigenvalue weighted by Gasteiger charge is -2.19. The van der Waals surface area contributed by atoms with E-state index in [9.17, 15) is 9.59 Å². The number of carbonyl (C=O) groups excluding carboxylic acids is 2. The second-order valence-electron chi connectivity index (χ2n) is 7.23. The largest absolute Gasteiger partial charge is 0.443 e. The number of likely N-dealkylation sites (N-methyl/N-ethyl adjacent to an activating group) is 1. The van der Waals surface area contributed by atoms with E-state index >= 15 is 0 Å². The average molecular weight is 360 g/mol. The minimum atomic E-state index is -0.690. The first-order valence-corrected chi connectivity index (χ1v) is 8.73. The van der Waals surface area contributed by atoms with Crippen LogP contribution in [0.4, 0.5) is 4.79 Å². The number of fused-ring (bicyclic) bond motifs is 1. The first-order valence-electron chi connectivity index (χ1n) is 8.73. The van der Waals surface area contributed by atoms with Gasteiger partial charge in [-0.2, -0.15) is 0 Å². The molecule has 0 aliphatic carbocycles. The van der Waals surface area contributed by atoms with E-state index in [0.29, 0.717) is 19.5 Å². The van der Waals surface area contributed by atoms with Gasteiger partial charge in [-0.15, -0.1) is 0 Å². The number of hydrogen-bond donors (Lipinski definition) is 3. The monoisotopic (exact) mass is 360 g/mol. The van der Waals surface area contributed by atoms with Crippen LogP contribution in [-0.2, 0) is 16.0 Å². The van der Waals surface area contributed by atoms with Gasteiger partial charge in [-0.1, -0.05) is 18.2 Å². The summed E-state index contributed by atoms with van der Waals surface area (Å²) in [6.45, 7) is 6.66. The summed E-state index contributed by atoms with van der Waals surface area (Å²) in [4.78, 5) is 24.6. The van der Waals surface area contributed by atoms with Crippen molar-refractivity contribution in [3.63, 3.8) is 0 Å². The summed E-state index contributed by atoms with van der Waals surface area (Å²) in [6, 6.07) is 6.82. The molecule has 0 aliphatic rings. The van der Waals surface area contributed by atoms with E-state index in [1.807, 2.05) is 52.1 Å². The van der Waals surface area contributed by atoms with E-state index in [-0.39, 0.29) is 5.91 Å². The van der Waals surface area contributed by atoms with Crippen molar-refractivity contribution in [2.45, 2.75) is 38.8 Å². The van der Waals surface area contributed by atoms with E-state index in [4.69, 9.17) is 10.5 Å². The van der Waals surface area contributed by atoms with Crippen molar-refractivity contribution in [2.75, 3.05) is 20.1 Å². The molecule has 0 saturated heterocycles. The Morgan fingerprint density at radius 1 is 1.23 bits per heavy atom. The maximum Gasteiger partial charge on any atom is 0.419 e. The minimum absolute atomic E-state index is 0.214. The van der Waals surface area contributed by atoms with E-state index < -0.39 is 17.7 Å². The van der Waals surface area contributed by atoms with Gasteiger partial charge < -0.3 is 21.1 Å². The lowest BCUT2D eigenvalue weighted by atomic mass is 10.1. The second kappa shape index (κ2) is 8.33. The molecular formula is C19H28N4O3. The third-order valence-electron chi connectivity index (χ3n) is 3.84. The van der Waals surface area contributed by atoms with E-state index in [0.717, 1.165) is 16.5 Å². The Balaban J connectivity index is 2.23. The van der Waals surface area contributed by atoms with Crippen LogP contribution in [0.2, 0.25) is 0 Å². The lowest BCUT2D eigenvalue weighted by molar-refractivity contribution is -0.122. The summed E-state index contributed by atoms with van der Waals surface area (Å²) in [5, 5.41) is 6.63. The van der Waals surface area contributed by atoms with Crippen LogP contribution in [0.1, 0.15) is 26.3 Å². The molecule has 1 amide bonds. The Bertz CT molecular complexity index is 777. The normalized spacial score (nSPS) is 12.8. The molecular weight excluding hydrogens is 332 g/mol. The Morgan fingerprint density at radius 3 is 2.58 bits per heavy atom. The van der Waals surface area contributed by atoms with Gasteiger partial charge in [-0.3, -0.25) is 9.36 Å². The molecule has 1 aromatic heterocycles. The number of rotatable bonds is 6.